The zero-order valence-electron chi connectivity index (χ0n) is 17.0. The van der Waals surface area contributed by atoms with Crippen LogP contribution in [-0.4, -0.2) is 24.2 Å². The second-order valence-corrected chi connectivity index (χ2v) is 6.77. The van der Waals surface area contributed by atoms with Gasteiger partial charge in [-0.3, -0.25) is 4.79 Å². The maximum atomic E-state index is 12.4. The number of pyridine rings is 1. The first-order valence-corrected chi connectivity index (χ1v) is 9.77. The highest BCUT2D eigenvalue weighted by Gasteiger charge is 2.07. The number of amides is 1. The van der Waals surface area contributed by atoms with E-state index in [0.29, 0.717) is 18.1 Å². The summed E-state index contributed by atoms with van der Waals surface area (Å²) in [7, 11) is 1.63. The van der Waals surface area contributed by atoms with E-state index in [-0.39, 0.29) is 5.91 Å². The summed E-state index contributed by atoms with van der Waals surface area (Å²) >= 11 is 0. The predicted octanol–water partition coefficient (Wildman–Crippen LogP) is 4.59. The summed E-state index contributed by atoms with van der Waals surface area (Å²) in [5.41, 5.74) is 5.32. The third kappa shape index (κ3) is 5.05. The van der Waals surface area contributed by atoms with E-state index in [0.717, 1.165) is 27.8 Å². The first kappa shape index (κ1) is 20.1. The van der Waals surface area contributed by atoms with Crippen LogP contribution in [0.3, 0.4) is 0 Å². The fraction of sp³-hybridized carbons (Fsp3) is 0.0800. The molecule has 0 radical (unpaired) electrons. The molecule has 3 aromatic carbocycles. The molecule has 0 saturated heterocycles. The van der Waals surface area contributed by atoms with Gasteiger partial charge in [0.25, 0.3) is 5.91 Å². The molecule has 0 fully saturated rings. The van der Waals surface area contributed by atoms with Crippen molar-refractivity contribution in [2.24, 2.45) is 5.10 Å². The highest BCUT2D eigenvalue weighted by Crippen LogP contribution is 2.19. The highest BCUT2D eigenvalue weighted by atomic mass is 16.5. The highest BCUT2D eigenvalue weighted by molar-refractivity contribution is 5.95. The van der Waals surface area contributed by atoms with Crippen molar-refractivity contribution in [1.82, 2.24) is 10.4 Å². The number of methoxy groups -OCH3 is 1. The zero-order chi connectivity index (χ0) is 21.5. The number of hydrogen-bond acceptors (Lipinski definition) is 5. The fourth-order valence-electron chi connectivity index (χ4n) is 3.05. The fourth-order valence-corrected chi connectivity index (χ4v) is 3.05. The summed E-state index contributed by atoms with van der Waals surface area (Å²) in [4.78, 5) is 16.8. The van der Waals surface area contributed by atoms with Crippen LogP contribution in [0.5, 0.6) is 11.5 Å². The Morgan fingerprint density at radius 3 is 2.74 bits per heavy atom. The molecule has 1 N–H and O–H groups in total. The molecule has 31 heavy (non-hydrogen) atoms. The van der Waals surface area contributed by atoms with Crippen molar-refractivity contribution in [3.05, 3.63) is 102 Å². The van der Waals surface area contributed by atoms with Gasteiger partial charge in [-0.1, -0.05) is 48.5 Å². The molecule has 4 rings (SSSR count). The molecule has 1 amide bonds. The Bertz CT molecular complexity index is 1240. The molecular formula is C25H21N3O3. The van der Waals surface area contributed by atoms with E-state index in [2.05, 4.69) is 15.5 Å². The number of hydrazone groups is 1. The SMILES string of the molecule is COc1cccc(COc2ccccc2/C=N\NC(=O)c2ccc3ccccc3n2)c1. The Morgan fingerprint density at radius 1 is 1.00 bits per heavy atom. The maximum absolute atomic E-state index is 12.4. The molecule has 0 saturated carbocycles. The molecule has 0 spiro atoms. The van der Waals surface area contributed by atoms with Crippen LogP contribution >= 0.6 is 0 Å². The van der Waals surface area contributed by atoms with Crippen LogP contribution < -0.4 is 14.9 Å². The Labute approximate surface area is 180 Å². The average molecular weight is 411 g/mol. The minimum absolute atomic E-state index is 0.304. The summed E-state index contributed by atoms with van der Waals surface area (Å²) in [6, 6.07) is 26.4. The summed E-state index contributed by atoms with van der Waals surface area (Å²) in [6.07, 6.45) is 1.56. The van der Waals surface area contributed by atoms with Gasteiger partial charge in [-0.05, 0) is 42.0 Å². The quantitative estimate of drug-likeness (QED) is 0.357. The van der Waals surface area contributed by atoms with Crippen molar-refractivity contribution in [3.8, 4) is 11.5 Å². The lowest BCUT2D eigenvalue weighted by molar-refractivity contribution is 0.0950. The summed E-state index contributed by atoms with van der Waals surface area (Å²) < 4.78 is 11.2. The Balaban J connectivity index is 1.42. The van der Waals surface area contributed by atoms with Crippen LogP contribution in [0.2, 0.25) is 0 Å². The standard InChI is InChI=1S/C25H21N3O3/c1-30-21-10-6-7-18(15-21)17-31-24-12-5-3-9-20(24)16-26-28-25(29)23-14-13-19-8-2-4-11-22(19)27-23/h2-16H,17H2,1H3,(H,28,29)/b26-16-. The van der Waals surface area contributed by atoms with Crippen LogP contribution in [0.15, 0.2) is 90.0 Å². The largest absolute Gasteiger partial charge is 0.497 e. The first-order valence-electron chi connectivity index (χ1n) is 9.77. The number of ether oxygens (including phenoxy) is 2. The molecule has 0 unspecified atom stereocenters. The number of carbonyl (C=O) groups excluding carboxylic acids is 1. The van der Waals surface area contributed by atoms with Gasteiger partial charge in [0.1, 0.15) is 23.8 Å². The van der Waals surface area contributed by atoms with E-state index in [1.807, 2.05) is 78.9 Å². The van der Waals surface area contributed by atoms with Gasteiger partial charge in [0.05, 0.1) is 18.8 Å². The normalized spacial score (nSPS) is 10.9. The van der Waals surface area contributed by atoms with E-state index in [4.69, 9.17) is 9.47 Å². The molecule has 1 heterocycles. The van der Waals surface area contributed by atoms with E-state index >= 15 is 0 Å². The predicted molar refractivity (Wildman–Crippen MR) is 121 cm³/mol. The minimum atomic E-state index is -0.378. The second-order valence-electron chi connectivity index (χ2n) is 6.77. The van der Waals surface area contributed by atoms with Crippen molar-refractivity contribution in [1.29, 1.82) is 0 Å². The molecule has 6 heteroatoms. The van der Waals surface area contributed by atoms with E-state index < -0.39 is 0 Å². The Morgan fingerprint density at radius 2 is 1.84 bits per heavy atom. The third-order valence-electron chi connectivity index (χ3n) is 4.65. The van der Waals surface area contributed by atoms with Gasteiger partial charge < -0.3 is 9.47 Å². The van der Waals surface area contributed by atoms with Crippen molar-refractivity contribution >= 4 is 23.0 Å². The topological polar surface area (TPSA) is 72.8 Å². The number of benzene rings is 3. The summed E-state index contributed by atoms with van der Waals surface area (Å²) in [6.45, 7) is 0.384. The van der Waals surface area contributed by atoms with Crippen molar-refractivity contribution in [2.75, 3.05) is 7.11 Å². The molecule has 1 aromatic heterocycles. The molecule has 154 valence electrons. The number of hydrogen-bond donors (Lipinski definition) is 1. The summed E-state index contributed by atoms with van der Waals surface area (Å²) in [5.74, 6) is 1.06. The Hall–Kier alpha value is -4.19. The van der Waals surface area contributed by atoms with Gasteiger partial charge in [0, 0.05) is 10.9 Å². The monoisotopic (exact) mass is 411 g/mol. The number of aromatic nitrogens is 1. The molecule has 6 nitrogen and oxygen atoms in total. The van der Waals surface area contributed by atoms with Crippen molar-refractivity contribution in [2.45, 2.75) is 6.61 Å². The van der Waals surface area contributed by atoms with Crippen LogP contribution in [0.25, 0.3) is 10.9 Å². The molecule has 0 aliphatic carbocycles. The van der Waals surface area contributed by atoms with Crippen LogP contribution in [0, 0.1) is 0 Å². The van der Waals surface area contributed by atoms with Gasteiger partial charge in [-0.15, -0.1) is 0 Å². The number of rotatable bonds is 7. The smallest absolute Gasteiger partial charge is 0.289 e. The zero-order valence-corrected chi connectivity index (χ0v) is 17.0. The maximum Gasteiger partial charge on any atom is 0.289 e. The lowest BCUT2D eigenvalue weighted by Crippen LogP contribution is -2.19. The average Bonchev–Trinajstić information content (AvgIpc) is 2.83. The van der Waals surface area contributed by atoms with Gasteiger partial charge in [-0.25, -0.2) is 10.4 Å². The molecule has 0 aliphatic rings. The van der Waals surface area contributed by atoms with Crippen LogP contribution in [-0.2, 0) is 6.61 Å². The number of nitrogens with one attached hydrogen (secondary N) is 1. The minimum Gasteiger partial charge on any atom is -0.497 e. The molecule has 0 atom stereocenters. The van der Waals surface area contributed by atoms with Crippen LogP contribution in [0.1, 0.15) is 21.6 Å². The van der Waals surface area contributed by atoms with Gasteiger partial charge >= 0.3 is 0 Å². The van der Waals surface area contributed by atoms with Crippen molar-refractivity contribution in [3.63, 3.8) is 0 Å². The Kier molecular flexibility index (Phi) is 6.18. The van der Waals surface area contributed by atoms with Gasteiger partial charge in [0.15, 0.2) is 0 Å². The van der Waals surface area contributed by atoms with Crippen LogP contribution in [0.4, 0.5) is 0 Å². The van der Waals surface area contributed by atoms with Gasteiger partial charge in [-0.2, -0.15) is 5.10 Å². The molecule has 0 aliphatic heterocycles. The molecule has 4 aromatic rings. The van der Waals surface area contributed by atoms with E-state index in [1.54, 1.807) is 19.4 Å². The van der Waals surface area contributed by atoms with Gasteiger partial charge in [0.2, 0.25) is 0 Å². The lowest BCUT2D eigenvalue weighted by atomic mass is 10.2. The second kappa shape index (κ2) is 9.54. The molecular weight excluding hydrogens is 390 g/mol. The number of para-hydroxylation sites is 2. The van der Waals surface area contributed by atoms with E-state index in [1.165, 1.54) is 0 Å². The lowest BCUT2D eigenvalue weighted by Gasteiger charge is -2.10. The third-order valence-corrected chi connectivity index (χ3v) is 4.65. The number of fused-ring (bicyclic) bond motifs is 1. The first-order chi connectivity index (χ1) is 15.2. The van der Waals surface area contributed by atoms with E-state index in [9.17, 15) is 4.79 Å². The molecule has 0 bridgehead atoms. The van der Waals surface area contributed by atoms with Crippen molar-refractivity contribution < 1.29 is 14.3 Å². The number of nitrogens with zero attached hydrogens (tertiary/aromatic N) is 2. The number of carbonyl (C=O) groups is 1. The summed E-state index contributed by atoms with van der Waals surface area (Å²) in [5, 5.41) is 5.05.